The second-order valence-electron chi connectivity index (χ2n) is 6.74. The summed E-state index contributed by atoms with van der Waals surface area (Å²) in [6.45, 7) is -0.429. The van der Waals surface area contributed by atoms with Crippen molar-refractivity contribution in [3.8, 4) is 11.5 Å². The third kappa shape index (κ3) is 5.75. The molecule has 0 radical (unpaired) electrons. The molecule has 3 aromatic carbocycles. The summed E-state index contributed by atoms with van der Waals surface area (Å²) < 4.78 is 33.5. The highest BCUT2D eigenvalue weighted by molar-refractivity contribution is 7.90. The molecule has 0 aromatic heterocycles. The van der Waals surface area contributed by atoms with Crippen LogP contribution in [0.15, 0.2) is 78.9 Å². The van der Waals surface area contributed by atoms with Gasteiger partial charge in [-0.3, -0.25) is 4.79 Å². The number of benzene rings is 3. The van der Waals surface area contributed by atoms with Crippen LogP contribution >= 0.6 is 11.6 Å². The molecular formula is C22H22ClN3O4S. The molecule has 0 saturated heterocycles. The molecule has 3 rings (SSSR count). The Hall–Kier alpha value is -3.07. The van der Waals surface area contributed by atoms with Gasteiger partial charge in [-0.1, -0.05) is 48.0 Å². The summed E-state index contributed by atoms with van der Waals surface area (Å²) >= 11 is 6.10. The lowest BCUT2D eigenvalue weighted by Gasteiger charge is -2.27. The zero-order valence-corrected chi connectivity index (χ0v) is 18.6. The number of hydrogen-bond acceptors (Lipinski definition) is 4. The van der Waals surface area contributed by atoms with E-state index in [1.165, 1.54) is 14.1 Å². The van der Waals surface area contributed by atoms with Crippen molar-refractivity contribution in [2.45, 2.75) is 0 Å². The van der Waals surface area contributed by atoms with Gasteiger partial charge in [0, 0.05) is 19.1 Å². The van der Waals surface area contributed by atoms with Crippen molar-refractivity contribution < 1.29 is 17.9 Å². The standard InChI is InChI=1S/C22H22ClN3O4S/c1-25(2)31(28,29)26(18-9-5-3-6-10-18)16-22(27)24-20-15-17(23)13-14-21(20)30-19-11-7-4-8-12-19/h3-15H,16H2,1-2H3,(H,24,27). The van der Waals surface area contributed by atoms with Gasteiger partial charge in [0.05, 0.1) is 11.4 Å². The number of para-hydroxylation sites is 2. The predicted molar refractivity (Wildman–Crippen MR) is 123 cm³/mol. The number of nitrogens with one attached hydrogen (secondary N) is 1. The molecule has 9 heteroatoms. The minimum absolute atomic E-state index is 0.330. The molecule has 0 unspecified atom stereocenters. The van der Waals surface area contributed by atoms with E-state index in [4.69, 9.17) is 16.3 Å². The highest BCUT2D eigenvalue weighted by Gasteiger charge is 2.27. The van der Waals surface area contributed by atoms with E-state index < -0.39 is 22.7 Å². The maximum atomic E-state index is 12.8. The number of halogens is 1. The van der Waals surface area contributed by atoms with Gasteiger partial charge in [0.25, 0.3) is 0 Å². The molecular weight excluding hydrogens is 438 g/mol. The molecule has 31 heavy (non-hydrogen) atoms. The summed E-state index contributed by atoms with van der Waals surface area (Å²) in [5, 5.41) is 3.11. The smallest absolute Gasteiger partial charge is 0.304 e. The van der Waals surface area contributed by atoms with Gasteiger partial charge in [-0.25, -0.2) is 4.31 Å². The van der Waals surface area contributed by atoms with Gasteiger partial charge in [0.2, 0.25) is 5.91 Å². The number of hydrogen-bond donors (Lipinski definition) is 1. The van der Waals surface area contributed by atoms with Crippen molar-refractivity contribution in [1.29, 1.82) is 0 Å². The van der Waals surface area contributed by atoms with E-state index in [0.29, 0.717) is 27.9 Å². The Balaban J connectivity index is 1.85. The number of nitrogens with zero attached hydrogens (tertiary/aromatic N) is 2. The second kappa shape index (κ2) is 9.82. The van der Waals surface area contributed by atoms with Crippen LogP contribution in [0.1, 0.15) is 0 Å². The molecule has 0 aliphatic carbocycles. The Kier molecular flexibility index (Phi) is 7.17. The Labute approximate surface area is 187 Å². The van der Waals surface area contributed by atoms with Gasteiger partial charge in [0.1, 0.15) is 12.3 Å². The summed E-state index contributed by atoms with van der Waals surface area (Å²) in [6, 6.07) is 22.3. The highest BCUT2D eigenvalue weighted by atomic mass is 35.5. The summed E-state index contributed by atoms with van der Waals surface area (Å²) in [7, 11) is -1.08. The van der Waals surface area contributed by atoms with E-state index in [9.17, 15) is 13.2 Å². The number of anilines is 2. The molecule has 0 spiro atoms. The van der Waals surface area contributed by atoms with E-state index in [-0.39, 0.29) is 0 Å². The lowest BCUT2D eigenvalue weighted by atomic mass is 10.2. The molecule has 0 atom stereocenters. The molecule has 7 nitrogen and oxygen atoms in total. The fraction of sp³-hybridized carbons (Fsp3) is 0.136. The first kappa shape index (κ1) is 22.6. The predicted octanol–water partition coefficient (Wildman–Crippen LogP) is 4.38. The topological polar surface area (TPSA) is 79.0 Å². The minimum Gasteiger partial charge on any atom is -0.455 e. The Morgan fingerprint density at radius 1 is 0.968 bits per heavy atom. The Bertz CT molecular complexity index is 1140. The maximum Gasteiger partial charge on any atom is 0.304 e. The van der Waals surface area contributed by atoms with Crippen molar-refractivity contribution in [3.63, 3.8) is 0 Å². The van der Waals surface area contributed by atoms with Crippen LogP contribution in [0.25, 0.3) is 0 Å². The largest absolute Gasteiger partial charge is 0.455 e. The van der Waals surface area contributed by atoms with Crippen LogP contribution < -0.4 is 14.4 Å². The average molecular weight is 460 g/mol. The van der Waals surface area contributed by atoms with E-state index in [1.807, 2.05) is 18.2 Å². The zero-order chi connectivity index (χ0) is 22.4. The molecule has 0 aliphatic rings. The fourth-order valence-electron chi connectivity index (χ4n) is 2.72. The lowest BCUT2D eigenvalue weighted by Crippen LogP contribution is -2.44. The van der Waals surface area contributed by atoms with Crippen LogP contribution in [-0.4, -0.2) is 39.3 Å². The van der Waals surface area contributed by atoms with Crippen LogP contribution in [0, 0.1) is 0 Å². The SMILES string of the molecule is CN(C)S(=O)(=O)N(CC(=O)Nc1cc(Cl)ccc1Oc1ccccc1)c1ccccc1. The summed E-state index contributed by atoms with van der Waals surface area (Å²) in [5.41, 5.74) is 0.704. The van der Waals surface area contributed by atoms with E-state index >= 15 is 0 Å². The van der Waals surface area contributed by atoms with Gasteiger partial charge in [-0.2, -0.15) is 12.7 Å². The third-order valence-electron chi connectivity index (χ3n) is 4.26. The zero-order valence-electron chi connectivity index (χ0n) is 17.0. The number of ether oxygens (including phenoxy) is 1. The van der Waals surface area contributed by atoms with Gasteiger partial charge >= 0.3 is 10.2 Å². The summed E-state index contributed by atoms with van der Waals surface area (Å²) in [4.78, 5) is 12.8. The molecule has 0 saturated carbocycles. The molecule has 0 bridgehead atoms. The van der Waals surface area contributed by atoms with Crippen molar-refractivity contribution in [1.82, 2.24) is 4.31 Å². The average Bonchev–Trinajstić information content (AvgIpc) is 2.75. The molecule has 1 N–H and O–H groups in total. The fourth-order valence-corrected chi connectivity index (χ4v) is 3.96. The van der Waals surface area contributed by atoms with Gasteiger partial charge in [-0.15, -0.1) is 0 Å². The maximum absolute atomic E-state index is 12.8. The Morgan fingerprint density at radius 2 is 1.58 bits per heavy atom. The minimum atomic E-state index is -3.90. The van der Waals surface area contributed by atoms with Crippen molar-refractivity contribution in [2.75, 3.05) is 30.3 Å². The normalized spacial score (nSPS) is 11.2. The number of carbonyl (C=O) groups excluding carboxylic acids is 1. The molecule has 0 aliphatic heterocycles. The molecule has 3 aromatic rings. The van der Waals surface area contributed by atoms with E-state index in [1.54, 1.807) is 60.7 Å². The van der Waals surface area contributed by atoms with Crippen LogP contribution in [0.4, 0.5) is 11.4 Å². The van der Waals surface area contributed by atoms with Crippen LogP contribution in [0.2, 0.25) is 5.02 Å². The highest BCUT2D eigenvalue weighted by Crippen LogP contribution is 2.32. The quantitative estimate of drug-likeness (QED) is 0.542. The van der Waals surface area contributed by atoms with Crippen molar-refractivity contribution in [2.24, 2.45) is 0 Å². The van der Waals surface area contributed by atoms with Crippen LogP contribution in [0.5, 0.6) is 11.5 Å². The molecule has 0 heterocycles. The van der Waals surface area contributed by atoms with Crippen molar-refractivity contribution in [3.05, 3.63) is 83.9 Å². The van der Waals surface area contributed by atoms with E-state index in [2.05, 4.69) is 5.32 Å². The molecule has 0 fully saturated rings. The van der Waals surface area contributed by atoms with E-state index in [0.717, 1.165) is 8.61 Å². The second-order valence-corrected chi connectivity index (χ2v) is 9.24. The number of rotatable bonds is 8. The summed E-state index contributed by atoms with van der Waals surface area (Å²) in [6.07, 6.45) is 0. The van der Waals surface area contributed by atoms with Gasteiger partial charge < -0.3 is 10.1 Å². The first-order valence-electron chi connectivity index (χ1n) is 9.35. The lowest BCUT2D eigenvalue weighted by molar-refractivity contribution is -0.114. The molecule has 162 valence electrons. The van der Waals surface area contributed by atoms with Crippen molar-refractivity contribution >= 4 is 39.1 Å². The summed E-state index contributed by atoms with van der Waals surface area (Å²) in [5.74, 6) is 0.418. The van der Waals surface area contributed by atoms with Gasteiger partial charge in [0.15, 0.2) is 5.75 Å². The number of carbonyl (C=O) groups is 1. The molecule has 1 amide bonds. The first-order chi connectivity index (χ1) is 14.8. The first-order valence-corrected chi connectivity index (χ1v) is 11.1. The number of amides is 1. The monoisotopic (exact) mass is 459 g/mol. The third-order valence-corrected chi connectivity index (χ3v) is 6.31. The van der Waals surface area contributed by atoms with Crippen LogP contribution in [-0.2, 0) is 15.0 Å². The van der Waals surface area contributed by atoms with Gasteiger partial charge in [-0.05, 0) is 42.5 Å². The van der Waals surface area contributed by atoms with Crippen LogP contribution in [0.3, 0.4) is 0 Å². The Morgan fingerprint density at radius 3 is 2.19 bits per heavy atom.